The first-order valence-electron chi connectivity index (χ1n) is 5.89. The Morgan fingerprint density at radius 1 is 1.29 bits per heavy atom. The predicted octanol–water partition coefficient (Wildman–Crippen LogP) is 3.10. The minimum absolute atomic E-state index is 0.180. The van der Waals surface area contributed by atoms with Crippen molar-refractivity contribution in [3.63, 3.8) is 0 Å². The van der Waals surface area contributed by atoms with Crippen LogP contribution in [-0.2, 0) is 4.84 Å². The van der Waals surface area contributed by atoms with Crippen LogP contribution in [0, 0.1) is 5.92 Å². The molecule has 0 N–H and O–H groups in total. The molecule has 0 amide bonds. The van der Waals surface area contributed by atoms with Gasteiger partial charge in [0.05, 0.1) is 5.25 Å². The molecular formula is C14H15NOS. The number of thioether (sulfide) groups is 1. The molecule has 0 saturated carbocycles. The van der Waals surface area contributed by atoms with Crippen LogP contribution in [0.3, 0.4) is 0 Å². The molecule has 0 unspecified atom stereocenters. The van der Waals surface area contributed by atoms with Crippen molar-refractivity contribution in [2.24, 2.45) is 11.1 Å². The molecule has 0 aromatic heterocycles. The zero-order chi connectivity index (χ0) is 11.7. The van der Waals surface area contributed by atoms with Gasteiger partial charge in [0.25, 0.3) is 0 Å². The van der Waals surface area contributed by atoms with Crippen molar-refractivity contribution >= 4 is 17.5 Å². The minimum Gasteiger partial charge on any atom is -0.388 e. The van der Waals surface area contributed by atoms with Gasteiger partial charge >= 0.3 is 0 Å². The largest absolute Gasteiger partial charge is 0.388 e. The second-order valence-corrected chi connectivity index (χ2v) is 5.38. The fourth-order valence-electron chi connectivity index (χ4n) is 2.54. The Hall–Kier alpha value is -1.22. The van der Waals surface area contributed by atoms with Crippen LogP contribution in [0.15, 0.2) is 47.6 Å². The quantitative estimate of drug-likeness (QED) is 0.747. The number of oxime groups is 1. The molecule has 1 aromatic carbocycles. The van der Waals surface area contributed by atoms with Crippen LogP contribution in [0.5, 0.6) is 0 Å². The van der Waals surface area contributed by atoms with Gasteiger partial charge in [0, 0.05) is 11.5 Å². The van der Waals surface area contributed by atoms with Crippen LogP contribution >= 0.6 is 11.8 Å². The molecule has 1 aromatic rings. The molecule has 0 fully saturated rings. The third-order valence-corrected chi connectivity index (χ3v) is 4.49. The Morgan fingerprint density at radius 3 is 2.88 bits per heavy atom. The van der Waals surface area contributed by atoms with Crippen LogP contribution in [-0.4, -0.2) is 23.3 Å². The highest BCUT2D eigenvalue weighted by atomic mass is 32.2. The average molecular weight is 245 g/mol. The lowest BCUT2D eigenvalue weighted by Crippen LogP contribution is -2.37. The summed E-state index contributed by atoms with van der Waals surface area (Å²) in [4.78, 5) is 5.59. The van der Waals surface area contributed by atoms with Crippen LogP contribution in [0.25, 0.3) is 0 Å². The van der Waals surface area contributed by atoms with E-state index in [4.69, 9.17) is 4.84 Å². The predicted molar refractivity (Wildman–Crippen MR) is 72.4 cm³/mol. The fraction of sp³-hybridized carbons (Fsp3) is 0.357. The van der Waals surface area contributed by atoms with E-state index in [-0.39, 0.29) is 6.10 Å². The Kier molecular flexibility index (Phi) is 2.93. The van der Waals surface area contributed by atoms with Gasteiger partial charge in [0.2, 0.25) is 0 Å². The van der Waals surface area contributed by atoms with Gasteiger partial charge in [-0.1, -0.05) is 41.6 Å². The molecule has 0 radical (unpaired) electrons. The minimum atomic E-state index is 0.180. The number of fused-ring (bicyclic) bond motifs is 1. The van der Waals surface area contributed by atoms with E-state index in [9.17, 15) is 0 Å². The van der Waals surface area contributed by atoms with Crippen LogP contribution < -0.4 is 0 Å². The first-order chi connectivity index (χ1) is 8.40. The Morgan fingerprint density at radius 2 is 2.12 bits per heavy atom. The molecule has 3 heteroatoms. The molecule has 0 saturated heterocycles. The van der Waals surface area contributed by atoms with Gasteiger partial charge in [0.1, 0.15) is 11.8 Å². The average Bonchev–Trinajstić information content (AvgIpc) is 2.86. The van der Waals surface area contributed by atoms with Gasteiger partial charge in [-0.25, -0.2) is 0 Å². The highest BCUT2D eigenvalue weighted by Crippen LogP contribution is 2.36. The monoisotopic (exact) mass is 245 g/mol. The van der Waals surface area contributed by atoms with E-state index in [0.717, 1.165) is 12.1 Å². The highest BCUT2D eigenvalue weighted by molar-refractivity contribution is 8.00. The standard InChI is InChI=1S/C14H15NOS/c1-17-14-11-8-5-9-12(11)16-15-13(14)10-6-3-2-4-7-10/h2-7,9,11-12,14H,8H2,1H3/t11-,12+,14-/m1/s1. The van der Waals surface area contributed by atoms with Crippen molar-refractivity contribution in [2.75, 3.05) is 6.26 Å². The van der Waals surface area contributed by atoms with E-state index in [2.05, 4.69) is 35.7 Å². The number of benzene rings is 1. The lowest BCUT2D eigenvalue weighted by atomic mass is 9.92. The van der Waals surface area contributed by atoms with E-state index < -0.39 is 0 Å². The maximum absolute atomic E-state index is 5.59. The SMILES string of the molecule is CS[C@H]1C(c2ccccc2)=NO[C@H]2C=CC[C@H]21. The van der Waals surface area contributed by atoms with Crippen molar-refractivity contribution in [3.8, 4) is 0 Å². The Balaban J connectivity index is 1.94. The van der Waals surface area contributed by atoms with Gasteiger partial charge in [-0.05, 0) is 18.8 Å². The lowest BCUT2D eigenvalue weighted by molar-refractivity contribution is 0.0487. The third-order valence-electron chi connectivity index (χ3n) is 3.41. The molecule has 1 aliphatic heterocycles. The zero-order valence-electron chi connectivity index (χ0n) is 9.74. The van der Waals surface area contributed by atoms with Crippen molar-refractivity contribution in [1.82, 2.24) is 0 Å². The van der Waals surface area contributed by atoms with Crippen molar-refractivity contribution in [3.05, 3.63) is 48.0 Å². The summed E-state index contributed by atoms with van der Waals surface area (Å²) in [5, 5.41) is 4.78. The summed E-state index contributed by atoms with van der Waals surface area (Å²) in [7, 11) is 0. The molecule has 2 aliphatic rings. The smallest absolute Gasteiger partial charge is 0.150 e. The topological polar surface area (TPSA) is 21.6 Å². The summed E-state index contributed by atoms with van der Waals surface area (Å²) in [5.74, 6) is 0.540. The molecule has 1 heterocycles. The molecular weight excluding hydrogens is 230 g/mol. The number of rotatable bonds is 2. The summed E-state index contributed by atoms with van der Waals surface area (Å²) in [6.45, 7) is 0. The summed E-state index contributed by atoms with van der Waals surface area (Å²) in [6.07, 6.45) is 7.78. The fourth-order valence-corrected chi connectivity index (χ4v) is 3.56. The van der Waals surface area contributed by atoms with Gasteiger partial charge in [-0.3, -0.25) is 0 Å². The Labute approximate surface area is 106 Å². The number of hydrogen-bond donors (Lipinski definition) is 0. The van der Waals surface area contributed by atoms with Crippen molar-refractivity contribution in [2.45, 2.75) is 17.8 Å². The molecule has 1 aliphatic carbocycles. The second-order valence-electron chi connectivity index (χ2n) is 4.40. The van der Waals surface area contributed by atoms with E-state index in [1.807, 2.05) is 30.0 Å². The zero-order valence-corrected chi connectivity index (χ0v) is 10.6. The summed E-state index contributed by atoms with van der Waals surface area (Å²) in [6, 6.07) is 10.3. The highest BCUT2D eigenvalue weighted by Gasteiger charge is 2.38. The molecule has 17 heavy (non-hydrogen) atoms. The second kappa shape index (κ2) is 4.57. The van der Waals surface area contributed by atoms with E-state index in [1.54, 1.807) is 0 Å². The van der Waals surface area contributed by atoms with Gasteiger partial charge in [-0.15, -0.1) is 0 Å². The molecule has 0 bridgehead atoms. The normalized spacial score (nSPS) is 30.6. The van der Waals surface area contributed by atoms with Gasteiger partial charge in [-0.2, -0.15) is 11.8 Å². The lowest BCUT2D eigenvalue weighted by Gasteiger charge is -2.31. The number of hydrogen-bond acceptors (Lipinski definition) is 3. The van der Waals surface area contributed by atoms with E-state index in [1.165, 1.54) is 5.56 Å². The molecule has 3 atom stereocenters. The van der Waals surface area contributed by atoms with Gasteiger partial charge < -0.3 is 4.84 Å². The maximum Gasteiger partial charge on any atom is 0.150 e. The Bertz CT molecular complexity index is 455. The number of nitrogens with zero attached hydrogens (tertiary/aromatic N) is 1. The van der Waals surface area contributed by atoms with Crippen molar-refractivity contribution < 1.29 is 4.84 Å². The number of allylic oxidation sites excluding steroid dienone is 1. The van der Waals surface area contributed by atoms with Crippen LogP contribution in [0.4, 0.5) is 0 Å². The van der Waals surface area contributed by atoms with Crippen molar-refractivity contribution in [1.29, 1.82) is 0 Å². The first-order valence-corrected chi connectivity index (χ1v) is 7.17. The molecule has 2 nitrogen and oxygen atoms in total. The van der Waals surface area contributed by atoms with Gasteiger partial charge in [0.15, 0.2) is 0 Å². The van der Waals surface area contributed by atoms with E-state index in [0.29, 0.717) is 11.2 Å². The maximum atomic E-state index is 5.59. The van der Waals surface area contributed by atoms with Crippen LogP contribution in [0.2, 0.25) is 0 Å². The first kappa shape index (κ1) is 10.9. The van der Waals surface area contributed by atoms with Crippen LogP contribution in [0.1, 0.15) is 12.0 Å². The molecule has 88 valence electrons. The summed E-state index contributed by atoms with van der Waals surface area (Å²) < 4.78 is 0. The third kappa shape index (κ3) is 1.89. The molecule has 3 rings (SSSR count). The summed E-state index contributed by atoms with van der Waals surface area (Å²) >= 11 is 1.87. The molecule has 0 spiro atoms. The summed E-state index contributed by atoms with van der Waals surface area (Å²) in [5.41, 5.74) is 2.26. The van der Waals surface area contributed by atoms with E-state index >= 15 is 0 Å².